The molecular weight excluding hydrogens is 709 g/mol. The smallest absolute Gasteiger partial charge is 0.156 e. The van der Waals surface area contributed by atoms with Crippen molar-refractivity contribution in [3.63, 3.8) is 0 Å². The van der Waals surface area contributed by atoms with Crippen molar-refractivity contribution in [1.29, 1.82) is 0 Å². The van der Waals surface area contributed by atoms with Crippen LogP contribution in [-0.4, -0.2) is 4.57 Å². The van der Waals surface area contributed by atoms with Crippen molar-refractivity contribution in [1.82, 2.24) is 4.57 Å². The number of hydrogen-bond donors (Lipinski definition) is 0. The van der Waals surface area contributed by atoms with Gasteiger partial charge >= 0.3 is 0 Å². The lowest BCUT2D eigenvalue weighted by molar-refractivity contribution is 0.447. The number of rotatable bonds is 5. The summed E-state index contributed by atoms with van der Waals surface area (Å²) in [5, 5.41) is 2.34. The zero-order valence-corrected chi connectivity index (χ0v) is 31.3. The molecule has 9 aromatic carbocycles. The second kappa shape index (κ2) is 12.9. The quantitative estimate of drug-likeness (QED) is 0.176. The monoisotopic (exact) mass is 742 g/mol. The molecule has 0 unspecified atom stereocenters. The van der Waals surface area contributed by atoms with Gasteiger partial charge in [0.05, 0.1) is 22.4 Å². The van der Waals surface area contributed by atoms with E-state index >= 15 is 0 Å². The fraction of sp³-hybridized carbons (Fsp3) is 0. The zero-order valence-electron chi connectivity index (χ0n) is 31.3. The molecule has 0 bridgehead atoms. The lowest BCUT2D eigenvalue weighted by atomic mass is 9.92. The Morgan fingerprint density at radius 3 is 1.45 bits per heavy atom. The van der Waals surface area contributed by atoms with Crippen LogP contribution in [0.15, 0.2) is 206 Å². The van der Waals surface area contributed by atoms with Crippen LogP contribution in [0.1, 0.15) is 0 Å². The third-order valence-corrected chi connectivity index (χ3v) is 11.6. The van der Waals surface area contributed by atoms with Crippen molar-refractivity contribution in [2.75, 3.05) is 4.90 Å². The molecule has 0 amide bonds. The second-order valence-corrected chi connectivity index (χ2v) is 14.9. The molecule has 0 aliphatic carbocycles. The van der Waals surface area contributed by atoms with Crippen molar-refractivity contribution in [2.45, 2.75) is 0 Å². The maximum Gasteiger partial charge on any atom is 0.156 e. The largest absolute Gasteiger partial charge is 0.453 e. The van der Waals surface area contributed by atoms with Gasteiger partial charge in [-0.1, -0.05) is 152 Å². The minimum Gasteiger partial charge on any atom is -0.453 e. The molecule has 3 heterocycles. The average Bonchev–Trinajstić information content (AvgIpc) is 3.61. The van der Waals surface area contributed by atoms with E-state index in [1.807, 2.05) is 0 Å². The molecule has 0 fully saturated rings. The highest BCUT2D eigenvalue weighted by Gasteiger charge is 2.36. The summed E-state index contributed by atoms with van der Waals surface area (Å²) in [6.45, 7) is 0. The maximum atomic E-state index is 7.06. The number of aromatic nitrogens is 1. The van der Waals surface area contributed by atoms with Crippen LogP contribution < -0.4 is 14.4 Å². The number of hydrogen-bond acceptors (Lipinski definition) is 3. The van der Waals surface area contributed by atoms with E-state index in [1.165, 1.54) is 16.5 Å². The molecule has 10 aromatic rings. The van der Waals surface area contributed by atoms with E-state index in [0.717, 1.165) is 95.5 Å². The molecule has 2 aliphatic rings. The highest BCUT2D eigenvalue weighted by atomic mass is 16.5. The molecule has 0 saturated heterocycles. The van der Waals surface area contributed by atoms with Gasteiger partial charge in [-0.05, 0) is 93.0 Å². The molecule has 0 radical (unpaired) electrons. The van der Waals surface area contributed by atoms with E-state index in [-0.39, 0.29) is 0 Å². The van der Waals surface area contributed by atoms with Crippen LogP contribution >= 0.6 is 0 Å². The average molecular weight is 743 g/mol. The fourth-order valence-electron chi connectivity index (χ4n) is 8.97. The highest BCUT2D eigenvalue weighted by Crippen LogP contribution is 2.62. The number of anilines is 3. The first-order chi connectivity index (χ1) is 28.8. The summed E-state index contributed by atoms with van der Waals surface area (Å²) in [5.74, 6) is 3.06. The Labute approximate surface area is 336 Å². The Hall–Kier alpha value is -7.82. The summed E-state index contributed by atoms with van der Waals surface area (Å²) in [6, 6.07) is 73.0. The zero-order chi connectivity index (χ0) is 38.2. The van der Waals surface area contributed by atoms with Crippen LogP contribution in [-0.2, 0) is 0 Å². The van der Waals surface area contributed by atoms with E-state index in [1.54, 1.807) is 0 Å². The molecular formula is C54H34N2O2. The summed E-state index contributed by atoms with van der Waals surface area (Å²) in [7, 11) is 0. The first kappa shape index (κ1) is 32.4. The van der Waals surface area contributed by atoms with Gasteiger partial charge in [-0.3, -0.25) is 4.90 Å². The molecule has 0 spiro atoms. The molecule has 1 aromatic heterocycles. The van der Waals surface area contributed by atoms with Gasteiger partial charge in [0.2, 0.25) is 0 Å². The van der Waals surface area contributed by atoms with Crippen molar-refractivity contribution in [3.8, 4) is 73.2 Å². The topological polar surface area (TPSA) is 26.6 Å². The predicted octanol–water partition coefficient (Wildman–Crippen LogP) is 15.1. The predicted molar refractivity (Wildman–Crippen MR) is 237 cm³/mol. The van der Waals surface area contributed by atoms with Crippen LogP contribution in [0.2, 0.25) is 0 Å². The number of benzene rings is 9. The van der Waals surface area contributed by atoms with Crippen molar-refractivity contribution in [2.24, 2.45) is 0 Å². The van der Waals surface area contributed by atoms with Crippen LogP contribution in [0, 0.1) is 0 Å². The normalized spacial score (nSPS) is 12.4. The highest BCUT2D eigenvalue weighted by molar-refractivity contribution is 6.12. The minimum atomic E-state index is 0.744. The van der Waals surface area contributed by atoms with E-state index in [4.69, 9.17) is 9.47 Å². The molecule has 4 nitrogen and oxygen atoms in total. The molecule has 0 N–H and O–H groups in total. The van der Waals surface area contributed by atoms with Crippen molar-refractivity contribution >= 4 is 38.9 Å². The molecule has 272 valence electrons. The first-order valence-electron chi connectivity index (χ1n) is 19.7. The van der Waals surface area contributed by atoms with Gasteiger partial charge in [-0.25, -0.2) is 0 Å². The summed E-state index contributed by atoms with van der Waals surface area (Å²) >= 11 is 0. The van der Waals surface area contributed by atoms with Crippen LogP contribution in [0.3, 0.4) is 0 Å². The lowest BCUT2D eigenvalue weighted by Gasteiger charge is -2.38. The number of nitrogens with zero attached hydrogens (tertiary/aromatic N) is 2. The molecule has 58 heavy (non-hydrogen) atoms. The third-order valence-electron chi connectivity index (χ3n) is 11.6. The van der Waals surface area contributed by atoms with E-state index in [0.29, 0.717) is 0 Å². The van der Waals surface area contributed by atoms with E-state index in [2.05, 4.69) is 216 Å². The Morgan fingerprint density at radius 2 is 0.810 bits per heavy atom. The van der Waals surface area contributed by atoms with E-state index in [9.17, 15) is 0 Å². The van der Waals surface area contributed by atoms with Crippen molar-refractivity contribution in [3.05, 3.63) is 206 Å². The minimum absolute atomic E-state index is 0.744. The van der Waals surface area contributed by atoms with Gasteiger partial charge < -0.3 is 14.0 Å². The van der Waals surface area contributed by atoms with Gasteiger partial charge in [0.15, 0.2) is 23.0 Å². The number of fused-ring (bicyclic) bond motifs is 7. The Morgan fingerprint density at radius 1 is 0.310 bits per heavy atom. The Balaban J connectivity index is 1.10. The molecule has 0 atom stereocenters. The van der Waals surface area contributed by atoms with Gasteiger partial charge in [0.25, 0.3) is 0 Å². The molecule has 4 heteroatoms. The molecule has 2 aliphatic heterocycles. The molecule has 12 rings (SSSR count). The summed E-state index contributed by atoms with van der Waals surface area (Å²) in [6.07, 6.45) is 0. The lowest BCUT2D eigenvalue weighted by Crippen LogP contribution is -2.20. The second-order valence-electron chi connectivity index (χ2n) is 14.9. The van der Waals surface area contributed by atoms with E-state index < -0.39 is 0 Å². The molecule has 0 saturated carbocycles. The van der Waals surface area contributed by atoms with Gasteiger partial charge in [0.1, 0.15) is 5.69 Å². The third kappa shape index (κ3) is 5.02. The number of ether oxygens (including phenoxy) is 2. The summed E-state index contributed by atoms with van der Waals surface area (Å²) in [5.41, 5.74) is 15.2. The first-order valence-corrected chi connectivity index (χ1v) is 19.7. The summed E-state index contributed by atoms with van der Waals surface area (Å²) in [4.78, 5) is 2.34. The number of para-hydroxylation sites is 2. The van der Waals surface area contributed by atoms with Gasteiger partial charge in [0, 0.05) is 22.5 Å². The Bertz CT molecular complexity index is 3220. The SMILES string of the molecule is c1ccc(-c2ccccc2-c2ccc3c(c2)Oc2cc(-c4ccccc4-c4ccccc4)cc4c2N3c2cc3c5ccccc5n(-c5ccccc5)c3cc2O4)cc1. The van der Waals surface area contributed by atoms with Crippen LogP contribution in [0.5, 0.6) is 23.0 Å². The van der Waals surface area contributed by atoms with Gasteiger partial charge in [-0.2, -0.15) is 0 Å². The Kier molecular flexibility index (Phi) is 7.20. The fourth-order valence-corrected chi connectivity index (χ4v) is 8.97. The van der Waals surface area contributed by atoms with Crippen LogP contribution in [0.25, 0.3) is 72.0 Å². The van der Waals surface area contributed by atoms with Crippen LogP contribution in [0.4, 0.5) is 17.1 Å². The van der Waals surface area contributed by atoms with Crippen molar-refractivity contribution < 1.29 is 9.47 Å². The summed E-state index contributed by atoms with van der Waals surface area (Å²) < 4.78 is 16.5. The maximum absolute atomic E-state index is 7.06. The van der Waals surface area contributed by atoms with Gasteiger partial charge in [-0.15, -0.1) is 0 Å². The standard InChI is InChI=1S/C54H34N2O2/c1-4-16-35(17-5-1)40-22-10-12-24-42(40)37-28-29-47-50(30-37)57-52-31-38(43-25-13-11-23-41(43)36-18-6-2-7-19-36)32-53-54(52)56(47)49-33-45-44-26-14-15-27-46(44)55(39-20-8-3-9-21-39)48(45)34-51(49)58-53/h1-34H.